The minimum Gasteiger partial charge on any atom is -0.496 e. The zero-order chi connectivity index (χ0) is 26.3. The van der Waals surface area contributed by atoms with E-state index in [1.165, 1.54) is 18.4 Å². The summed E-state index contributed by atoms with van der Waals surface area (Å²) in [5, 5.41) is 11.2. The number of nitrogens with zero attached hydrogens (tertiary/aromatic N) is 2. The molecular formula is C27H20Cl2N2O5S. The van der Waals surface area contributed by atoms with E-state index in [0.29, 0.717) is 49.0 Å². The maximum atomic E-state index is 13.4. The van der Waals surface area contributed by atoms with Crippen LogP contribution in [0.25, 0.3) is 21.7 Å². The van der Waals surface area contributed by atoms with Crippen molar-refractivity contribution in [3.8, 4) is 33.2 Å². The summed E-state index contributed by atoms with van der Waals surface area (Å²) < 4.78 is 11.0. The van der Waals surface area contributed by atoms with Gasteiger partial charge in [-0.25, -0.2) is 9.78 Å². The van der Waals surface area contributed by atoms with Crippen molar-refractivity contribution >= 4 is 46.4 Å². The van der Waals surface area contributed by atoms with E-state index in [1.54, 1.807) is 48.2 Å². The van der Waals surface area contributed by atoms with Crippen molar-refractivity contribution in [2.75, 3.05) is 13.8 Å². The van der Waals surface area contributed by atoms with Gasteiger partial charge in [0.1, 0.15) is 26.9 Å². The van der Waals surface area contributed by atoms with Crippen LogP contribution in [-0.2, 0) is 6.54 Å². The highest BCUT2D eigenvalue weighted by molar-refractivity contribution is 7.17. The molecule has 1 aliphatic rings. The SMILES string of the molecule is COc1ccc(-c2ccc3c(c2)CN(C(=O)c2sc(-c4ccc(Cl)cc4Cl)nc2C)CO3)cc1C(=O)O. The number of thiazole rings is 1. The van der Waals surface area contributed by atoms with E-state index >= 15 is 0 Å². The van der Waals surface area contributed by atoms with Crippen LogP contribution in [0.4, 0.5) is 0 Å². The first-order valence-corrected chi connectivity index (χ1v) is 12.7. The minimum absolute atomic E-state index is 0.0723. The van der Waals surface area contributed by atoms with Crippen LogP contribution in [0.1, 0.15) is 31.3 Å². The highest BCUT2D eigenvalue weighted by Gasteiger charge is 2.27. The molecule has 10 heteroatoms. The molecular weight excluding hydrogens is 535 g/mol. The molecule has 0 spiro atoms. The number of aromatic carboxylic acids is 1. The summed E-state index contributed by atoms with van der Waals surface area (Å²) in [6.45, 7) is 2.22. The fraction of sp³-hybridized carbons (Fsp3) is 0.148. The molecule has 188 valence electrons. The standard InChI is InChI=1S/C27H20Cl2N2O5S/c1-14-24(37-25(30-14)19-6-5-18(28)11-21(19)29)26(32)31-12-17-9-15(3-7-22(17)36-13-31)16-4-8-23(35-2)20(10-16)27(33)34/h3-11H,12-13H2,1-2H3,(H,33,34). The lowest BCUT2D eigenvalue weighted by atomic mass is 9.99. The highest BCUT2D eigenvalue weighted by Crippen LogP contribution is 2.37. The Morgan fingerprint density at radius 3 is 2.57 bits per heavy atom. The molecule has 3 aromatic carbocycles. The third-order valence-electron chi connectivity index (χ3n) is 6.00. The molecule has 0 saturated heterocycles. The van der Waals surface area contributed by atoms with Crippen molar-refractivity contribution in [2.45, 2.75) is 13.5 Å². The number of carbonyl (C=O) groups excluding carboxylic acids is 1. The Bertz CT molecular complexity index is 1550. The Labute approximate surface area is 226 Å². The molecule has 1 aliphatic heterocycles. The third-order valence-corrected chi connectivity index (χ3v) is 7.73. The second-order valence-corrected chi connectivity index (χ2v) is 10.2. The second-order valence-electron chi connectivity index (χ2n) is 8.38. The fourth-order valence-corrected chi connectivity index (χ4v) is 5.75. The van der Waals surface area contributed by atoms with Crippen LogP contribution >= 0.6 is 34.5 Å². The van der Waals surface area contributed by atoms with E-state index in [0.717, 1.165) is 11.1 Å². The van der Waals surface area contributed by atoms with Crippen molar-refractivity contribution in [3.63, 3.8) is 0 Å². The lowest BCUT2D eigenvalue weighted by molar-refractivity contribution is 0.0518. The van der Waals surface area contributed by atoms with Gasteiger partial charge >= 0.3 is 5.97 Å². The zero-order valence-corrected chi connectivity index (χ0v) is 22.1. The number of rotatable bonds is 5. The molecule has 0 saturated carbocycles. The molecule has 0 bridgehead atoms. The van der Waals surface area contributed by atoms with Gasteiger partial charge in [-0.1, -0.05) is 35.3 Å². The number of aromatic nitrogens is 1. The number of hydrogen-bond donors (Lipinski definition) is 1. The van der Waals surface area contributed by atoms with Crippen LogP contribution in [0.15, 0.2) is 54.6 Å². The van der Waals surface area contributed by atoms with Crippen molar-refractivity contribution in [1.29, 1.82) is 0 Å². The van der Waals surface area contributed by atoms with Gasteiger partial charge in [0.2, 0.25) is 0 Å². The van der Waals surface area contributed by atoms with E-state index in [2.05, 4.69) is 4.98 Å². The number of benzene rings is 3. The lowest BCUT2D eigenvalue weighted by Gasteiger charge is -2.29. The first-order valence-electron chi connectivity index (χ1n) is 11.1. The number of halogens is 2. The first kappa shape index (κ1) is 25.1. The number of carboxylic acids is 1. The number of carbonyl (C=O) groups is 2. The van der Waals surface area contributed by atoms with Gasteiger partial charge in [0, 0.05) is 16.1 Å². The van der Waals surface area contributed by atoms with E-state index < -0.39 is 5.97 Å². The number of methoxy groups -OCH3 is 1. The molecule has 4 aromatic rings. The van der Waals surface area contributed by atoms with Gasteiger partial charge < -0.3 is 19.5 Å². The first-order chi connectivity index (χ1) is 17.7. The highest BCUT2D eigenvalue weighted by atomic mass is 35.5. The van der Waals surface area contributed by atoms with Crippen molar-refractivity contribution < 1.29 is 24.2 Å². The molecule has 0 radical (unpaired) electrons. The molecule has 0 aliphatic carbocycles. The van der Waals surface area contributed by atoms with Gasteiger partial charge in [0.25, 0.3) is 5.91 Å². The number of amides is 1. The van der Waals surface area contributed by atoms with Crippen molar-refractivity contribution in [1.82, 2.24) is 9.88 Å². The van der Waals surface area contributed by atoms with Gasteiger partial charge in [-0.15, -0.1) is 11.3 Å². The van der Waals surface area contributed by atoms with Crippen LogP contribution in [0.5, 0.6) is 11.5 Å². The molecule has 0 fully saturated rings. The predicted molar refractivity (Wildman–Crippen MR) is 143 cm³/mol. The van der Waals surface area contributed by atoms with Crippen LogP contribution in [0.3, 0.4) is 0 Å². The Morgan fingerprint density at radius 1 is 1.08 bits per heavy atom. The lowest BCUT2D eigenvalue weighted by Crippen LogP contribution is -2.37. The van der Waals surface area contributed by atoms with Gasteiger partial charge in [-0.3, -0.25) is 4.79 Å². The van der Waals surface area contributed by atoms with E-state index in [9.17, 15) is 14.7 Å². The summed E-state index contributed by atoms with van der Waals surface area (Å²) in [6, 6.07) is 15.7. The maximum absolute atomic E-state index is 13.4. The minimum atomic E-state index is -1.07. The van der Waals surface area contributed by atoms with Crippen LogP contribution < -0.4 is 9.47 Å². The molecule has 7 nitrogen and oxygen atoms in total. The molecule has 37 heavy (non-hydrogen) atoms. The van der Waals surface area contributed by atoms with Gasteiger partial charge in [-0.2, -0.15) is 0 Å². The van der Waals surface area contributed by atoms with Crippen molar-refractivity contribution in [2.24, 2.45) is 0 Å². The summed E-state index contributed by atoms with van der Waals surface area (Å²) in [6.07, 6.45) is 0. The quantitative estimate of drug-likeness (QED) is 0.292. The predicted octanol–water partition coefficient (Wildman–Crippen LogP) is 6.79. The Morgan fingerprint density at radius 2 is 1.84 bits per heavy atom. The summed E-state index contributed by atoms with van der Waals surface area (Å²) in [5.74, 6) is -0.307. The zero-order valence-electron chi connectivity index (χ0n) is 19.7. The van der Waals surface area contributed by atoms with Crippen molar-refractivity contribution in [3.05, 3.63) is 86.3 Å². The molecule has 0 atom stereocenters. The summed E-state index contributed by atoms with van der Waals surface area (Å²) in [7, 11) is 1.43. The topological polar surface area (TPSA) is 89.0 Å². The number of hydrogen-bond acceptors (Lipinski definition) is 6. The largest absolute Gasteiger partial charge is 0.496 e. The number of ether oxygens (including phenoxy) is 2. The monoisotopic (exact) mass is 554 g/mol. The van der Waals surface area contributed by atoms with Gasteiger partial charge in [-0.05, 0) is 60.5 Å². The summed E-state index contributed by atoms with van der Waals surface area (Å²) in [4.78, 5) is 31.8. The molecule has 0 unspecified atom stereocenters. The molecule has 1 N–H and O–H groups in total. The third kappa shape index (κ3) is 4.87. The fourth-order valence-electron chi connectivity index (χ4n) is 4.12. The molecule has 2 heterocycles. The second kappa shape index (κ2) is 10.0. The van der Waals surface area contributed by atoms with E-state index in [1.807, 2.05) is 18.2 Å². The average Bonchev–Trinajstić information content (AvgIpc) is 3.28. The van der Waals surface area contributed by atoms with Gasteiger partial charge in [0.05, 0.1) is 24.4 Å². The Kier molecular flexibility index (Phi) is 6.81. The Balaban J connectivity index is 1.41. The Hall–Kier alpha value is -3.59. The number of aryl methyl sites for hydroxylation is 1. The van der Waals surface area contributed by atoms with Gasteiger partial charge in [0.15, 0.2) is 6.73 Å². The molecule has 1 amide bonds. The number of carboxylic acid groups (broad SMARTS) is 1. The van der Waals surface area contributed by atoms with E-state index in [-0.39, 0.29) is 24.0 Å². The average molecular weight is 555 g/mol. The summed E-state index contributed by atoms with van der Waals surface area (Å²) in [5.41, 5.74) is 3.72. The summed E-state index contributed by atoms with van der Waals surface area (Å²) >= 11 is 13.6. The van der Waals surface area contributed by atoms with Crippen LogP contribution in [0, 0.1) is 6.92 Å². The molecule has 1 aromatic heterocycles. The normalized spacial score (nSPS) is 12.6. The van der Waals surface area contributed by atoms with E-state index in [4.69, 9.17) is 32.7 Å². The van der Waals surface area contributed by atoms with Crippen LogP contribution in [0.2, 0.25) is 10.0 Å². The molecule has 5 rings (SSSR count). The smallest absolute Gasteiger partial charge is 0.339 e. The van der Waals surface area contributed by atoms with Crippen LogP contribution in [-0.4, -0.2) is 40.7 Å². The maximum Gasteiger partial charge on any atom is 0.339 e. The number of fused-ring (bicyclic) bond motifs is 1.